The molecule has 4 aromatic rings. The van der Waals surface area contributed by atoms with Gasteiger partial charge in [0.1, 0.15) is 5.56 Å². The van der Waals surface area contributed by atoms with Crippen LogP contribution < -0.4 is 10.9 Å². The molecule has 0 fully saturated rings. The van der Waals surface area contributed by atoms with Crippen molar-refractivity contribution in [3.63, 3.8) is 0 Å². The normalized spacial score (nSPS) is 11.4. The molecule has 0 atom stereocenters. The van der Waals surface area contributed by atoms with Crippen molar-refractivity contribution in [1.82, 2.24) is 19.7 Å². The Morgan fingerprint density at radius 3 is 2.45 bits per heavy atom. The van der Waals surface area contributed by atoms with Crippen molar-refractivity contribution in [2.45, 2.75) is 19.6 Å². The molecule has 2 aromatic heterocycles. The summed E-state index contributed by atoms with van der Waals surface area (Å²) in [6, 6.07) is 16.7. The fourth-order valence-corrected chi connectivity index (χ4v) is 3.40. The highest BCUT2D eigenvalue weighted by molar-refractivity contribution is 5.93. The molecule has 0 unspecified atom stereocenters. The number of para-hydroxylation sites is 1. The van der Waals surface area contributed by atoms with Gasteiger partial charge < -0.3 is 5.32 Å². The van der Waals surface area contributed by atoms with Gasteiger partial charge in [0.05, 0.1) is 17.4 Å². The van der Waals surface area contributed by atoms with Crippen LogP contribution in [0.5, 0.6) is 0 Å². The zero-order valence-corrected chi connectivity index (χ0v) is 17.5. The molecule has 168 valence electrons. The molecule has 0 radical (unpaired) electrons. The van der Waals surface area contributed by atoms with Gasteiger partial charge in [-0.05, 0) is 49.4 Å². The Kier molecular flexibility index (Phi) is 5.87. The summed E-state index contributed by atoms with van der Waals surface area (Å²) in [5, 5.41) is 6.92. The van der Waals surface area contributed by atoms with Crippen LogP contribution >= 0.6 is 0 Å². The molecule has 0 saturated carbocycles. The number of aromatic nitrogens is 3. The molecule has 0 bridgehead atoms. The molecule has 9 heteroatoms. The molecule has 0 aliphatic rings. The van der Waals surface area contributed by atoms with Crippen molar-refractivity contribution in [3.8, 4) is 11.4 Å². The van der Waals surface area contributed by atoms with Gasteiger partial charge in [0.25, 0.3) is 11.5 Å². The first-order chi connectivity index (χ1) is 15.7. The van der Waals surface area contributed by atoms with E-state index in [-0.39, 0.29) is 17.8 Å². The number of carbonyl (C=O) groups excluding carboxylic acids is 1. The summed E-state index contributed by atoms with van der Waals surface area (Å²) in [5.41, 5.74) is 0.262. The van der Waals surface area contributed by atoms with E-state index in [4.69, 9.17) is 0 Å². The average molecular weight is 452 g/mol. The van der Waals surface area contributed by atoms with Gasteiger partial charge >= 0.3 is 6.18 Å². The lowest BCUT2D eigenvalue weighted by Crippen LogP contribution is -2.33. The van der Waals surface area contributed by atoms with Crippen LogP contribution in [0.25, 0.3) is 11.4 Å². The number of benzene rings is 2. The summed E-state index contributed by atoms with van der Waals surface area (Å²) in [6.45, 7) is 1.71. The average Bonchev–Trinajstić information content (AvgIpc) is 3.27. The van der Waals surface area contributed by atoms with Crippen molar-refractivity contribution in [2.75, 3.05) is 0 Å². The second-order valence-corrected chi connectivity index (χ2v) is 7.39. The maximum Gasteiger partial charge on any atom is 0.416 e. The van der Waals surface area contributed by atoms with E-state index in [9.17, 15) is 22.8 Å². The monoisotopic (exact) mass is 452 g/mol. The number of carbonyl (C=O) groups is 1. The van der Waals surface area contributed by atoms with Gasteiger partial charge in [-0.1, -0.05) is 24.3 Å². The van der Waals surface area contributed by atoms with Crippen LogP contribution in [0.4, 0.5) is 13.2 Å². The molecule has 2 heterocycles. The molecular formula is C24H19F3N4O2. The highest BCUT2D eigenvalue weighted by Gasteiger charge is 2.30. The van der Waals surface area contributed by atoms with Crippen molar-refractivity contribution in [3.05, 3.63) is 112 Å². The third-order valence-electron chi connectivity index (χ3n) is 5.06. The summed E-state index contributed by atoms with van der Waals surface area (Å²) in [5.74, 6) is -0.631. The number of nitrogens with one attached hydrogen (secondary N) is 1. The summed E-state index contributed by atoms with van der Waals surface area (Å²) >= 11 is 0. The first-order valence-corrected chi connectivity index (χ1v) is 10.0. The van der Waals surface area contributed by atoms with E-state index >= 15 is 0 Å². The standard InChI is InChI=1S/C24H19F3N4O2/c1-16-10-11-21(23(33)31(16)20-9-5-6-18(12-20)24(25,26)27)22(32)28-13-17-14-29-30(15-17)19-7-3-2-4-8-19/h2-12,14-15H,13H2,1H3,(H,28,32). The second-order valence-electron chi connectivity index (χ2n) is 7.39. The Hall–Kier alpha value is -4.14. The maximum absolute atomic E-state index is 13.1. The molecule has 0 aliphatic heterocycles. The number of rotatable bonds is 5. The van der Waals surface area contributed by atoms with Crippen molar-refractivity contribution in [2.24, 2.45) is 0 Å². The van der Waals surface area contributed by atoms with Crippen LogP contribution in [0.2, 0.25) is 0 Å². The van der Waals surface area contributed by atoms with Crippen molar-refractivity contribution < 1.29 is 18.0 Å². The Balaban J connectivity index is 1.56. The van der Waals surface area contributed by atoms with Gasteiger partial charge in [0.15, 0.2) is 0 Å². The van der Waals surface area contributed by atoms with Gasteiger partial charge in [0, 0.05) is 29.7 Å². The first kappa shape index (κ1) is 22.1. The number of hydrogen-bond donors (Lipinski definition) is 1. The molecule has 0 aliphatic carbocycles. The molecule has 1 amide bonds. The molecule has 0 spiro atoms. The van der Waals surface area contributed by atoms with Crippen molar-refractivity contribution >= 4 is 5.91 Å². The van der Waals surface area contributed by atoms with Crippen molar-refractivity contribution in [1.29, 1.82) is 0 Å². The number of halogens is 3. The first-order valence-electron chi connectivity index (χ1n) is 10.0. The Morgan fingerprint density at radius 1 is 1.00 bits per heavy atom. The highest BCUT2D eigenvalue weighted by Crippen LogP contribution is 2.30. The lowest BCUT2D eigenvalue weighted by atomic mass is 10.1. The van der Waals surface area contributed by atoms with Crippen LogP contribution in [0.15, 0.2) is 83.9 Å². The van der Waals surface area contributed by atoms with E-state index < -0.39 is 23.2 Å². The number of amides is 1. The van der Waals surface area contributed by atoms with Gasteiger partial charge in [-0.2, -0.15) is 18.3 Å². The summed E-state index contributed by atoms with van der Waals surface area (Å²) in [6.07, 6.45) is -1.19. The van der Waals surface area contributed by atoms with E-state index in [0.717, 1.165) is 28.0 Å². The number of hydrogen-bond acceptors (Lipinski definition) is 3. The zero-order chi connectivity index (χ0) is 23.6. The van der Waals surface area contributed by atoms with Gasteiger partial charge in [-0.15, -0.1) is 0 Å². The Bertz CT molecular complexity index is 1360. The Morgan fingerprint density at radius 2 is 1.73 bits per heavy atom. The molecular weight excluding hydrogens is 433 g/mol. The molecule has 6 nitrogen and oxygen atoms in total. The lowest BCUT2D eigenvalue weighted by molar-refractivity contribution is -0.137. The minimum atomic E-state index is -4.55. The number of nitrogens with zero attached hydrogens (tertiary/aromatic N) is 3. The van der Waals surface area contributed by atoms with Crippen LogP contribution in [0.1, 0.15) is 27.2 Å². The van der Waals surface area contributed by atoms with E-state index in [0.29, 0.717) is 5.69 Å². The summed E-state index contributed by atoms with van der Waals surface area (Å²) < 4.78 is 42.1. The largest absolute Gasteiger partial charge is 0.416 e. The van der Waals surface area contributed by atoms with E-state index in [1.807, 2.05) is 30.3 Å². The number of pyridine rings is 1. The topological polar surface area (TPSA) is 68.9 Å². The lowest BCUT2D eigenvalue weighted by Gasteiger charge is -2.14. The van der Waals surface area contributed by atoms with Gasteiger partial charge in [-0.3, -0.25) is 14.2 Å². The minimum Gasteiger partial charge on any atom is -0.348 e. The summed E-state index contributed by atoms with van der Waals surface area (Å²) in [7, 11) is 0. The summed E-state index contributed by atoms with van der Waals surface area (Å²) in [4.78, 5) is 25.7. The minimum absolute atomic E-state index is 0.0334. The third kappa shape index (κ3) is 4.72. The quantitative estimate of drug-likeness (QED) is 0.492. The van der Waals surface area contributed by atoms with E-state index in [1.165, 1.54) is 24.3 Å². The fraction of sp³-hybridized carbons (Fsp3) is 0.125. The number of alkyl halides is 3. The van der Waals surface area contributed by atoms with Crippen LogP contribution in [0.3, 0.4) is 0 Å². The van der Waals surface area contributed by atoms with Crippen LogP contribution in [0, 0.1) is 6.92 Å². The van der Waals surface area contributed by atoms with E-state index in [1.54, 1.807) is 24.0 Å². The Labute approximate surface area is 186 Å². The zero-order valence-electron chi connectivity index (χ0n) is 17.5. The van der Waals surface area contributed by atoms with Gasteiger partial charge in [-0.25, -0.2) is 4.68 Å². The molecule has 1 N–H and O–H groups in total. The molecule has 4 rings (SSSR count). The molecule has 33 heavy (non-hydrogen) atoms. The van der Waals surface area contributed by atoms with Gasteiger partial charge in [0.2, 0.25) is 0 Å². The molecule has 0 saturated heterocycles. The molecule has 2 aromatic carbocycles. The maximum atomic E-state index is 13.1. The second kappa shape index (κ2) is 8.78. The van der Waals surface area contributed by atoms with Crippen LogP contribution in [-0.4, -0.2) is 20.3 Å². The number of aryl methyl sites for hydroxylation is 1. The SMILES string of the molecule is Cc1ccc(C(=O)NCc2cnn(-c3ccccc3)c2)c(=O)n1-c1cccc(C(F)(F)F)c1. The predicted molar refractivity (Wildman–Crippen MR) is 117 cm³/mol. The predicted octanol–water partition coefficient (Wildman–Crippen LogP) is 4.28. The van der Waals surface area contributed by atoms with E-state index in [2.05, 4.69) is 10.4 Å². The smallest absolute Gasteiger partial charge is 0.348 e. The van der Waals surface area contributed by atoms with Crippen LogP contribution in [-0.2, 0) is 12.7 Å². The highest BCUT2D eigenvalue weighted by atomic mass is 19.4. The fourth-order valence-electron chi connectivity index (χ4n) is 3.40. The third-order valence-corrected chi connectivity index (χ3v) is 5.06.